The van der Waals surface area contributed by atoms with Crippen LogP contribution in [0.5, 0.6) is 5.75 Å². The summed E-state index contributed by atoms with van der Waals surface area (Å²) >= 11 is 0. The maximum Gasteiger partial charge on any atom is 1.00 e. The minimum absolute atomic E-state index is 0. The number of rotatable bonds is 1. The second kappa shape index (κ2) is 9.98. The van der Waals surface area contributed by atoms with Crippen LogP contribution in [0.2, 0.25) is 0 Å². The average Bonchev–Trinajstić information content (AvgIpc) is 1.88. The number of hydrogen-bond donors (Lipinski definition) is 0. The first-order valence-corrected chi connectivity index (χ1v) is 2.61. The minimum Gasteiger partial charge on any atom is -0.872 e. The van der Waals surface area contributed by atoms with E-state index in [2.05, 4.69) is 0 Å². The van der Waals surface area contributed by atoms with Gasteiger partial charge in [0.15, 0.2) is 0 Å². The Morgan fingerprint density at radius 3 is 1.64 bits per heavy atom. The summed E-state index contributed by atoms with van der Waals surface area (Å²) in [6.07, 6.45) is 0. The van der Waals surface area contributed by atoms with E-state index >= 15 is 0 Å². The van der Waals surface area contributed by atoms with E-state index in [1.807, 2.05) is 0 Å². The molecule has 0 saturated carbocycles. The maximum absolute atomic E-state index is 10.4. The van der Waals surface area contributed by atoms with Gasteiger partial charge in [0.05, 0.1) is 4.92 Å². The summed E-state index contributed by atoms with van der Waals surface area (Å²) in [5.74, 6) is -0.217. The first-order valence-electron chi connectivity index (χ1n) is 2.61. The van der Waals surface area contributed by atoms with Gasteiger partial charge in [0.1, 0.15) is 0 Å². The van der Waals surface area contributed by atoms with Crippen LogP contribution in [0.3, 0.4) is 0 Å². The fourth-order valence-electron chi connectivity index (χ4n) is 0.568. The molecule has 0 aromatic heterocycles. The van der Waals surface area contributed by atoms with E-state index in [0.717, 1.165) is 12.1 Å². The van der Waals surface area contributed by atoms with Gasteiger partial charge >= 0.3 is 18.9 Å². The monoisotopic (exact) mass is 199 g/mol. The van der Waals surface area contributed by atoms with Crippen molar-refractivity contribution in [3.05, 3.63) is 34.4 Å². The molecule has 0 fully saturated rings. The van der Waals surface area contributed by atoms with Crippen LogP contribution in [0.15, 0.2) is 24.3 Å². The molecule has 76 valence electrons. The first kappa shape index (κ1) is 23.1. The number of nitrogens with zero attached hydrogens (tertiary/aromatic N) is 1. The number of non-ortho nitro benzene ring substituents is 1. The zero-order chi connectivity index (χ0) is 7.56. The van der Waals surface area contributed by atoms with Crippen LogP contribution in [0, 0.1) is 10.1 Å². The van der Waals surface area contributed by atoms with E-state index < -0.39 is 4.92 Å². The van der Waals surface area contributed by atoms with Crippen molar-refractivity contribution in [1.82, 2.24) is 0 Å². The van der Waals surface area contributed by atoms with Crippen LogP contribution in [-0.4, -0.2) is 21.4 Å². The van der Waals surface area contributed by atoms with Crippen LogP contribution in [0.25, 0.3) is 0 Å². The average molecular weight is 199 g/mol. The second-order valence-corrected chi connectivity index (χ2v) is 1.75. The van der Waals surface area contributed by atoms with Crippen molar-refractivity contribution in [2.45, 2.75) is 0 Å². The minimum atomic E-state index is -0.542. The number of hydrogen-bond acceptors (Lipinski definition) is 3. The number of benzene rings is 1. The molecule has 1 aromatic rings. The SMILES string of the molecule is O.O.O.O=[N+]([O-])c1ccc([O-])cc1.[Li+]. The molecule has 0 unspecified atom stereocenters. The van der Waals surface area contributed by atoms with Crippen molar-refractivity contribution in [2.24, 2.45) is 0 Å². The summed E-state index contributed by atoms with van der Waals surface area (Å²) in [5, 5.41) is 20.4. The second-order valence-electron chi connectivity index (χ2n) is 1.75. The summed E-state index contributed by atoms with van der Waals surface area (Å²) in [6.45, 7) is 0. The summed E-state index contributed by atoms with van der Waals surface area (Å²) in [7, 11) is 0. The molecule has 0 atom stereocenters. The molecule has 0 saturated heterocycles. The van der Waals surface area contributed by atoms with Crippen molar-refractivity contribution in [3.8, 4) is 5.75 Å². The molecule has 14 heavy (non-hydrogen) atoms. The van der Waals surface area contributed by atoms with Gasteiger partial charge in [-0.05, 0) is 0 Å². The molecule has 0 radical (unpaired) electrons. The third-order valence-corrected chi connectivity index (χ3v) is 1.05. The van der Waals surface area contributed by atoms with Crippen LogP contribution in [0.1, 0.15) is 0 Å². The van der Waals surface area contributed by atoms with Gasteiger partial charge < -0.3 is 21.5 Å². The summed E-state index contributed by atoms with van der Waals surface area (Å²) in [4.78, 5) is 9.47. The van der Waals surface area contributed by atoms with E-state index in [1.165, 1.54) is 12.1 Å². The van der Waals surface area contributed by atoms with Crippen molar-refractivity contribution < 1.29 is 45.3 Å². The van der Waals surface area contributed by atoms with Gasteiger partial charge in [0.25, 0.3) is 5.69 Å². The summed E-state index contributed by atoms with van der Waals surface area (Å²) < 4.78 is 0. The van der Waals surface area contributed by atoms with Gasteiger partial charge in [-0.25, -0.2) is 0 Å². The molecule has 0 bridgehead atoms. The predicted molar refractivity (Wildman–Crippen MR) is 43.4 cm³/mol. The Balaban J connectivity index is -0.000000125. The van der Waals surface area contributed by atoms with Crippen LogP contribution in [-0.2, 0) is 0 Å². The van der Waals surface area contributed by atoms with Gasteiger partial charge in [-0.3, -0.25) is 10.1 Å². The Kier molecular flexibility index (Phi) is 16.4. The molecule has 7 nitrogen and oxygen atoms in total. The molecular weight excluding hydrogens is 189 g/mol. The largest absolute Gasteiger partial charge is 1.00 e. The molecular formula is C6H10LiNO6. The fraction of sp³-hybridized carbons (Fsp3) is 0. The van der Waals surface area contributed by atoms with Crippen LogP contribution >= 0.6 is 0 Å². The number of nitro groups is 1. The smallest absolute Gasteiger partial charge is 0.872 e. The molecule has 0 aliphatic rings. The molecule has 0 heterocycles. The molecule has 8 heteroatoms. The maximum atomic E-state index is 10.4. The molecule has 0 aliphatic heterocycles. The van der Waals surface area contributed by atoms with Gasteiger partial charge in [-0.1, -0.05) is 12.1 Å². The molecule has 1 rings (SSSR count). The van der Waals surface area contributed by atoms with E-state index in [9.17, 15) is 15.2 Å². The topological polar surface area (TPSA) is 161 Å². The normalized spacial score (nSPS) is 6.57. The Morgan fingerprint density at radius 2 is 1.36 bits per heavy atom. The fourth-order valence-corrected chi connectivity index (χ4v) is 0.568. The van der Waals surface area contributed by atoms with Crippen molar-refractivity contribution >= 4 is 5.69 Å². The van der Waals surface area contributed by atoms with Crippen LogP contribution in [0.4, 0.5) is 5.69 Å². The van der Waals surface area contributed by atoms with Gasteiger partial charge in [0.2, 0.25) is 0 Å². The third kappa shape index (κ3) is 6.42. The zero-order valence-corrected chi connectivity index (χ0v) is 7.48. The summed E-state index contributed by atoms with van der Waals surface area (Å²) in [6, 6.07) is 4.70. The van der Waals surface area contributed by atoms with E-state index in [0.29, 0.717) is 0 Å². The van der Waals surface area contributed by atoms with E-state index in [1.54, 1.807) is 0 Å². The molecule has 0 aliphatic carbocycles. The molecule has 6 N–H and O–H groups in total. The Labute approximate surface area is 91.6 Å². The molecule has 0 amide bonds. The van der Waals surface area contributed by atoms with Crippen molar-refractivity contribution in [1.29, 1.82) is 0 Å². The third-order valence-electron chi connectivity index (χ3n) is 1.05. The standard InChI is InChI=1S/C6H5NO3.Li.3H2O/c8-6-3-1-5(2-4-6)7(9)10;;;;/h1-4,8H;;3*1H2/q;+1;;;/p-1. The number of nitro benzene ring substituents is 1. The Bertz CT molecular complexity index is 251. The van der Waals surface area contributed by atoms with Crippen molar-refractivity contribution in [3.63, 3.8) is 0 Å². The van der Waals surface area contributed by atoms with Gasteiger partial charge in [-0.15, -0.1) is 5.75 Å². The zero-order valence-electron chi connectivity index (χ0n) is 7.48. The van der Waals surface area contributed by atoms with Gasteiger partial charge in [-0.2, -0.15) is 0 Å². The summed E-state index contributed by atoms with van der Waals surface area (Å²) in [5.41, 5.74) is -0.0559. The van der Waals surface area contributed by atoms with Gasteiger partial charge in [0, 0.05) is 12.1 Å². The molecule has 1 aromatic carbocycles. The van der Waals surface area contributed by atoms with Crippen LogP contribution < -0.4 is 24.0 Å². The molecule has 0 spiro atoms. The first-order chi connectivity index (χ1) is 4.70. The Hall–Kier alpha value is -1.10. The predicted octanol–water partition coefficient (Wildman–Crippen LogP) is -4.80. The Morgan fingerprint density at radius 1 is 1.00 bits per heavy atom. The van der Waals surface area contributed by atoms with Crippen molar-refractivity contribution in [2.75, 3.05) is 0 Å². The van der Waals surface area contributed by atoms with E-state index in [4.69, 9.17) is 0 Å². The van der Waals surface area contributed by atoms with E-state index in [-0.39, 0.29) is 46.7 Å². The quantitative estimate of drug-likeness (QED) is 0.252.